The molecule has 0 aliphatic heterocycles. The van der Waals surface area contributed by atoms with Gasteiger partial charge in [0, 0.05) is 24.4 Å². The van der Waals surface area contributed by atoms with E-state index in [1.807, 2.05) is 13.8 Å². The van der Waals surface area contributed by atoms with Gasteiger partial charge in [-0.05, 0) is 32.0 Å². The maximum atomic E-state index is 12.4. The van der Waals surface area contributed by atoms with Gasteiger partial charge in [-0.25, -0.2) is 0 Å². The molecule has 4 nitrogen and oxygen atoms in total. The lowest BCUT2D eigenvalue weighted by Crippen LogP contribution is -2.41. The standard InChI is InChI=1S/C13H19ClN2O2/c1-4-16(9(2)8-18-3)13(17)11-6-5-10(14)7-12(11)15/h5-7,9H,4,8,15H2,1-3H3. The van der Waals surface area contributed by atoms with E-state index in [4.69, 9.17) is 22.1 Å². The third-order valence-electron chi connectivity index (χ3n) is 2.79. The Hall–Kier alpha value is -1.26. The average Bonchev–Trinajstić information content (AvgIpc) is 2.29. The number of rotatable bonds is 5. The smallest absolute Gasteiger partial charge is 0.256 e. The van der Waals surface area contributed by atoms with Crippen LogP contribution in [-0.4, -0.2) is 37.1 Å². The van der Waals surface area contributed by atoms with Crippen molar-refractivity contribution in [1.82, 2.24) is 4.90 Å². The van der Waals surface area contributed by atoms with Gasteiger partial charge in [0.15, 0.2) is 0 Å². The molecule has 0 saturated carbocycles. The first kappa shape index (κ1) is 14.8. The van der Waals surface area contributed by atoms with Crippen molar-refractivity contribution in [2.45, 2.75) is 19.9 Å². The number of halogens is 1. The highest BCUT2D eigenvalue weighted by atomic mass is 35.5. The fraction of sp³-hybridized carbons (Fsp3) is 0.462. The van der Waals surface area contributed by atoms with Crippen molar-refractivity contribution in [3.63, 3.8) is 0 Å². The SMILES string of the molecule is CCN(C(=O)c1ccc(Cl)cc1N)C(C)COC. The van der Waals surface area contributed by atoms with Crippen LogP contribution in [0.2, 0.25) is 5.02 Å². The summed E-state index contributed by atoms with van der Waals surface area (Å²) in [5.41, 5.74) is 6.70. The number of nitrogens with zero attached hydrogens (tertiary/aromatic N) is 1. The summed E-state index contributed by atoms with van der Waals surface area (Å²) in [6.45, 7) is 4.96. The van der Waals surface area contributed by atoms with Gasteiger partial charge >= 0.3 is 0 Å². The summed E-state index contributed by atoms with van der Waals surface area (Å²) in [6, 6.07) is 4.91. The zero-order chi connectivity index (χ0) is 13.7. The normalized spacial score (nSPS) is 12.2. The number of hydrogen-bond donors (Lipinski definition) is 1. The van der Waals surface area contributed by atoms with E-state index in [0.29, 0.717) is 29.4 Å². The fourth-order valence-electron chi connectivity index (χ4n) is 1.87. The summed E-state index contributed by atoms with van der Waals surface area (Å²) in [5, 5.41) is 0.525. The maximum absolute atomic E-state index is 12.4. The molecule has 2 N–H and O–H groups in total. The summed E-state index contributed by atoms with van der Waals surface area (Å²) in [4.78, 5) is 14.1. The molecule has 0 bridgehead atoms. The molecule has 1 amide bonds. The average molecular weight is 271 g/mol. The predicted octanol–water partition coefficient (Wildman–Crippen LogP) is 2.42. The number of methoxy groups -OCH3 is 1. The minimum atomic E-state index is -0.101. The highest BCUT2D eigenvalue weighted by molar-refractivity contribution is 6.31. The van der Waals surface area contributed by atoms with E-state index in [1.165, 1.54) is 0 Å². The van der Waals surface area contributed by atoms with Gasteiger partial charge in [-0.3, -0.25) is 4.79 Å². The largest absolute Gasteiger partial charge is 0.398 e. The van der Waals surface area contributed by atoms with E-state index < -0.39 is 0 Å². The van der Waals surface area contributed by atoms with Crippen LogP contribution in [0.4, 0.5) is 5.69 Å². The lowest BCUT2D eigenvalue weighted by Gasteiger charge is -2.28. The summed E-state index contributed by atoms with van der Waals surface area (Å²) >= 11 is 5.82. The second kappa shape index (κ2) is 6.61. The number of likely N-dealkylation sites (N-methyl/N-ethyl adjacent to an activating group) is 1. The van der Waals surface area contributed by atoms with Crippen LogP contribution in [0.5, 0.6) is 0 Å². The number of ether oxygens (including phenoxy) is 1. The minimum Gasteiger partial charge on any atom is -0.398 e. The van der Waals surface area contributed by atoms with Crippen LogP contribution < -0.4 is 5.73 Å². The number of benzene rings is 1. The number of anilines is 1. The van der Waals surface area contributed by atoms with E-state index in [9.17, 15) is 4.79 Å². The number of nitrogens with two attached hydrogens (primary N) is 1. The molecule has 0 aliphatic carbocycles. The highest BCUT2D eigenvalue weighted by Crippen LogP contribution is 2.20. The van der Waals surface area contributed by atoms with Crippen LogP contribution in [0.15, 0.2) is 18.2 Å². The Kier molecular flexibility index (Phi) is 5.44. The molecule has 1 aromatic rings. The van der Waals surface area contributed by atoms with Gasteiger partial charge in [-0.15, -0.1) is 0 Å². The van der Waals surface area contributed by atoms with E-state index >= 15 is 0 Å². The molecule has 18 heavy (non-hydrogen) atoms. The van der Waals surface area contributed by atoms with Crippen LogP contribution in [0.3, 0.4) is 0 Å². The molecule has 1 aromatic carbocycles. The van der Waals surface area contributed by atoms with Gasteiger partial charge in [0.1, 0.15) is 0 Å². The summed E-state index contributed by atoms with van der Waals surface area (Å²) in [5.74, 6) is -0.101. The van der Waals surface area contributed by atoms with Crippen molar-refractivity contribution in [1.29, 1.82) is 0 Å². The first-order valence-corrected chi connectivity index (χ1v) is 6.24. The second-order valence-corrected chi connectivity index (χ2v) is 4.56. The second-order valence-electron chi connectivity index (χ2n) is 4.13. The molecule has 0 spiro atoms. The Morgan fingerprint density at radius 2 is 2.22 bits per heavy atom. The lowest BCUT2D eigenvalue weighted by atomic mass is 10.1. The molecule has 0 heterocycles. The monoisotopic (exact) mass is 270 g/mol. The zero-order valence-electron chi connectivity index (χ0n) is 10.9. The first-order valence-electron chi connectivity index (χ1n) is 5.86. The fourth-order valence-corrected chi connectivity index (χ4v) is 2.05. The van der Waals surface area contributed by atoms with Crippen molar-refractivity contribution in [3.8, 4) is 0 Å². The van der Waals surface area contributed by atoms with Gasteiger partial charge in [0.05, 0.1) is 18.2 Å². The Balaban J connectivity index is 2.96. The van der Waals surface area contributed by atoms with E-state index in [-0.39, 0.29) is 11.9 Å². The Morgan fingerprint density at radius 1 is 1.56 bits per heavy atom. The molecule has 100 valence electrons. The number of amides is 1. The summed E-state index contributed by atoms with van der Waals surface area (Å²) < 4.78 is 5.08. The van der Waals surface area contributed by atoms with Crippen molar-refractivity contribution in [2.75, 3.05) is 26.0 Å². The molecule has 1 rings (SSSR count). The molecule has 5 heteroatoms. The number of nitrogen functional groups attached to an aromatic ring is 1. The number of carbonyl (C=O) groups excluding carboxylic acids is 1. The van der Waals surface area contributed by atoms with Crippen molar-refractivity contribution >= 4 is 23.2 Å². The molecule has 0 saturated heterocycles. The topological polar surface area (TPSA) is 55.6 Å². The number of hydrogen-bond acceptors (Lipinski definition) is 3. The Labute approximate surface area is 113 Å². The predicted molar refractivity (Wildman–Crippen MR) is 73.9 cm³/mol. The molecule has 0 aliphatic rings. The number of carbonyl (C=O) groups is 1. The molecule has 0 radical (unpaired) electrons. The quantitative estimate of drug-likeness (QED) is 0.836. The van der Waals surface area contributed by atoms with E-state index in [1.54, 1.807) is 30.2 Å². The van der Waals surface area contributed by atoms with E-state index in [2.05, 4.69) is 0 Å². The molecule has 1 unspecified atom stereocenters. The Morgan fingerprint density at radius 3 is 2.72 bits per heavy atom. The van der Waals surface area contributed by atoms with Gasteiger partial charge in [0.25, 0.3) is 5.91 Å². The Bertz CT molecular complexity index is 423. The maximum Gasteiger partial charge on any atom is 0.256 e. The third kappa shape index (κ3) is 3.37. The van der Waals surface area contributed by atoms with Crippen molar-refractivity contribution in [2.24, 2.45) is 0 Å². The summed E-state index contributed by atoms with van der Waals surface area (Å²) in [7, 11) is 1.62. The van der Waals surface area contributed by atoms with E-state index in [0.717, 1.165) is 0 Å². The van der Waals surface area contributed by atoms with Gasteiger partial charge < -0.3 is 15.4 Å². The zero-order valence-corrected chi connectivity index (χ0v) is 11.7. The minimum absolute atomic E-state index is 0.00239. The van der Waals surface area contributed by atoms with Gasteiger partial charge in [-0.1, -0.05) is 11.6 Å². The van der Waals surface area contributed by atoms with Crippen LogP contribution in [0, 0.1) is 0 Å². The lowest BCUT2D eigenvalue weighted by molar-refractivity contribution is 0.0580. The van der Waals surface area contributed by atoms with Crippen molar-refractivity contribution in [3.05, 3.63) is 28.8 Å². The van der Waals surface area contributed by atoms with Crippen LogP contribution in [0.25, 0.3) is 0 Å². The van der Waals surface area contributed by atoms with Crippen LogP contribution >= 0.6 is 11.6 Å². The summed E-state index contributed by atoms with van der Waals surface area (Å²) in [6.07, 6.45) is 0. The van der Waals surface area contributed by atoms with Crippen molar-refractivity contribution < 1.29 is 9.53 Å². The molecular weight excluding hydrogens is 252 g/mol. The van der Waals surface area contributed by atoms with Crippen LogP contribution in [0.1, 0.15) is 24.2 Å². The van der Waals surface area contributed by atoms with Gasteiger partial charge in [-0.2, -0.15) is 0 Å². The molecule has 0 fully saturated rings. The first-order chi connectivity index (χ1) is 8.51. The molecular formula is C13H19ClN2O2. The van der Waals surface area contributed by atoms with Gasteiger partial charge in [0.2, 0.25) is 0 Å². The third-order valence-corrected chi connectivity index (χ3v) is 3.02. The highest BCUT2D eigenvalue weighted by Gasteiger charge is 2.21. The molecule has 0 aromatic heterocycles. The molecule has 1 atom stereocenters. The van der Waals surface area contributed by atoms with Crippen LogP contribution in [-0.2, 0) is 4.74 Å².